The van der Waals surface area contributed by atoms with Crippen LogP contribution in [0.4, 0.5) is 10.1 Å². The van der Waals surface area contributed by atoms with Gasteiger partial charge in [-0.3, -0.25) is 0 Å². The van der Waals surface area contributed by atoms with Gasteiger partial charge in [-0.25, -0.2) is 12.8 Å². The summed E-state index contributed by atoms with van der Waals surface area (Å²) in [7, 11) is -1.80. The van der Waals surface area contributed by atoms with Crippen molar-refractivity contribution >= 4 is 21.1 Å². The molecule has 0 atom stereocenters. The van der Waals surface area contributed by atoms with E-state index in [1.807, 2.05) is 0 Å². The maximum absolute atomic E-state index is 13.7. The van der Waals surface area contributed by atoms with Gasteiger partial charge >= 0.3 is 0 Å². The second kappa shape index (κ2) is 5.33. The van der Waals surface area contributed by atoms with Crippen LogP contribution in [0.15, 0.2) is 23.1 Å². The molecular weight excluding hydrogens is 265 g/mol. The standard InChI is InChI=1S/C14H18FNO2S/c1-16-14-12(10-6-4-3-5-7-10)8-11(15)9-13(14)19(2,17)18/h6,8-9,16H,3-5,7H2,1-2H3. The number of rotatable bonds is 3. The van der Waals surface area contributed by atoms with Crippen LogP contribution in [0.25, 0.3) is 5.57 Å². The van der Waals surface area contributed by atoms with E-state index in [-0.39, 0.29) is 4.90 Å². The van der Waals surface area contributed by atoms with E-state index in [9.17, 15) is 12.8 Å². The fourth-order valence-corrected chi connectivity index (χ4v) is 3.38. The smallest absolute Gasteiger partial charge is 0.177 e. The van der Waals surface area contributed by atoms with Crippen molar-refractivity contribution in [2.75, 3.05) is 18.6 Å². The molecule has 0 unspecified atom stereocenters. The molecule has 2 rings (SSSR count). The van der Waals surface area contributed by atoms with Gasteiger partial charge in [0.1, 0.15) is 5.82 Å². The number of hydrogen-bond acceptors (Lipinski definition) is 3. The molecule has 1 aromatic carbocycles. The summed E-state index contributed by atoms with van der Waals surface area (Å²) in [6.07, 6.45) is 7.18. The van der Waals surface area contributed by atoms with E-state index in [0.717, 1.165) is 43.6 Å². The maximum Gasteiger partial charge on any atom is 0.177 e. The van der Waals surface area contributed by atoms with E-state index >= 15 is 0 Å². The van der Waals surface area contributed by atoms with E-state index < -0.39 is 15.7 Å². The zero-order chi connectivity index (χ0) is 14.0. The molecule has 19 heavy (non-hydrogen) atoms. The molecule has 0 fully saturated rings. The van der Waals surface area contributed by atoms with Crippen LogP contribution in [-0.2, 0) is 9.84 Å². The molecule has 3 nitrogen and oxygen atoms in total. The number of anilines is 1. The summed E-state index contributed by atoms with van der Waals surface area (Å²) in [6.45, 7) is 0. The largest absolute Gasteiger partial charge is 0.387 e. The Morgan fingerprint density at radius 2 is 2.00 bits per heavy atom. The van der Waals surface area contributed by atoms with Crippen LogP contribution in [0.5, 0.6) is 0 Å². The van der Waals surface area contributed by atoms with Crippen molar-refractivity contribution in [1.82, 2.24) is 0 Å². The highest BCUT2D eigenvalue weighted by Crippen LogP contribution is 2.36. The van der Waals surface area contributed by atoms with Crippen molar-refractivity contribution in [3.8, 4) is 0 Å². The molecule has 1 aromatic rings. The maximum atomic E-state index is 13.7. The van der Waals surface area contributed by atoms with E-state index in [0.29, 0.717) is 11.3 Å². The molecule has 0 saturated carbocycles. The van der Waals surface area contributed by atoms with Gasteiger partial charge in [-0.2, -0.15) is 0 Å². The molecule has 0 heterocycles. The fraction of sp³-hybridized carbons (Fsp3) is 0.429. The summed E-state index contributed by atoms with van der Waals surface area (Å²) < 4.78 is 37.3. The second-order valence-corrected chi connectivity index (χ2v) is 6.81. The predicted octanol–water partition coefficient (Wildman–Crippen LogP) is 3.23. The van der Waals surface area contributed by atoms with Gasteiger partial charge in [0.05, 0.1) is 10.6 Å². The first-order valence-corrected chi connectivity index (χ1v) is 8.23. The van der Waals surface area contributed by atoms with Crippen LogP contribution < -0.4 is 5.32 Å². The van der Waals surface area contributed by atoms with Gasteiger partial charge in [0.25, 0.3) is 0 Å². The molecular formula is C14H18FNO2S. The first-order chi connectivity index (χ1) is 8.93. The Kier molecular flexibility index (Phi) is 3.94. The third-order valence-electron chi connectivity index (χ3n) is 3.35. The van der Waals surface area contributed by atoms with Gasteiger partial charge < -0.3 is 5.32 Å². The summed E-state index contributed by atoms with van der Waals surface area (Å²) in [4.78, 5) is 0.0245. The molecule has 5 heteroatoms. The van der Waals surface area contributed by atoms with Crippen molar-refractivity contribution in [3.05, 3.63) is 29.6 Å². The van der Waals surface area contributed by atoms with Gasteiger partial charge in [0.2, 0.25) is 0 Å². The van der Waals surface area contributed by atoms with Crippen LogP contribution in [0.2, 0.25) is 0 Å². The summed E-state index contributed by atoms with van der Waals surface area (Å²) in [5.41, 5.74) is 2.19. The monoisotopic (exact) mass is 283 g/mol. The average Bonchev–Trinajstić information content (AvgIpc) is 2.37. The van der Waals surface area contributed by atoms with Crippen molar-refractivity contribution in [3.63, 3.8) is 0 Å². The highest BCUT2D eigenvalue weighted by Gasteiger charge is 2.20. The molecule has 0 aliphatic heterocycles. The second-order valence-electron chi connectivity index (χ2n) is 4.82. The molecule has 104 valence electrons. The quantitative estimate of drug-likeness (QED) is 0.926. The van der Waals surface area contributed by atoms with Gasteiger partial charge in [0.15, 0.2) is 9.84 Å². The number of nitrogens with one attached hydrogen (secondary N) is 1. The molecule has 0 aromatic heterocycles. The van der Waals surface area contributed by atoms with Gasteiger partial charge in [-0.1, -0.05) is 6.08 Å². The fourth-order valence-electron chi connectivity index (χ4n) is 2.47. The van der Waals surface area contributed by atoms with Crippen LogP contribution in [0.3, 0.4) is 0 Å². The van der Waals surface area contributed by atoms with Crippen LogP contribution in [0, 0.1) is 5.82 Å². The third-order valence-corrected chi connectivity index (χ3v) is 4.47. The van der Waals surface area contributed by atoms with Gasteiger partial charge in [-0.15, -0.1) is 0 Å². The molecule has 1 aliphatic carbocycles. The summed E-state index contributed by atoms with van der Waals surface area (Å²) in [5.74, 6) is -0.513. The zero-order valence-electron chi connectivity index (χ0n) is 11.2. The Morgan fingerprint density at radius 1 is 1.26 bits per heavy atom. The Labute approximate surface area is 113 Å². The topological polar surface area (TPSA) is 46.2 Å². The molecule has 0 bridgehead atoms. The van der Waals surface area contributed by atoms with Crippen molar-refractivity contribution < 1.29 is 12.8 Å². The average molecular weight is 283 g/mol. The molecule has 0 saturated heterocycles. The lowest BCUT2D eigenvalue weighted by Gasteiger charge is -2.19. The van der Waals surface area contributed by atoms with Crippen molar-refractivity contribution in [2.24, 2.45) is 0 Å². The first-order valence-electron chi connectivity index (χ1n) is 6.34. The molecule has 1 N–H and O–H groups in total. The number of sulfone groups is 1. The first kappa shape index (κ1) is 14.1. The highest BCUT2D eigenvalue weighted by molar-refractivity contribution is 7.90. The number of hydrogen-bond donors (Lipinski definition) is 1. The number of allylic oxidation sites excluding steroid dienone is 2. The molecule has 0 amide bonds. The van der Waals surface area contributed by atoms with Crippen molar-refractivity contribution in [1.29, 1.82) is 0 Å². The summed E-state index contributed by atoms with van der Waals surface area (Å²) in [5, 5.41) is 2.91. The summed E-state index contributed by atoms with van der Waals surface area (Å²) >= 11 is 0. The number of benzene rings is 1. The lowest BCUT2D eigenvalue weighted by Crippen LogP contribution is -2.07. The van der Waals surface area contributed by atoms with Gasteiger partial charge in [0, 0.05) is 18.9 Å². The van der Waals surface area contributed by atoms with Crippen LogP contribution >= 0.6 is 0 Å². The van der Waals surface area contributed by atoms with Crippen LogP contribution in [0.1, 0.15) is 31.2 Å². The van der Waals surface area contributed by atoms with E-state index in [4.69, 9.17) is 0 Å². The predicted molar refractivity (Wildman–Crippen MR) is 75.5 cm³/mol. The Bertz CT molecular complexity index is 621. The minimum Gasteiger partial charge on any atom is -0.387 e. The van der Waals surface area contributed by atoms with E-state index in [1.165, 1.54) is 6.07 Å². The van der Waals surface area contributed by atoms with E-state index in [1.54, 1.807) is 7.05 Å². The minimum atomic E-state index is -3.46. The van der Waals surface area contributed by atoms with Crippen molar-refractivity contribution in [2.45, 2.75) is 30.6 Å². The van der Waals surface area contributed by atoms with E-state index in [2.05, 4.69) is 11.4 Å². The molecule has 0 radical (unpaired) electrons. The van der Waals surface area contributed by atoms with Gasteiger partial charge in [-0.05, 0) is 43.4 Å². The number of halogens is 1. The summed E-state index contributed by atoms with van der Waals surface area (Å²) in [6, 6.07) is 2.49. The third kappa shape index (κ3) is 2.97. The lowest BCUT2D eigenvalue weighted by molar-refractivity contribution is 0.596. The Morgan fingerprint density at radius 3 is 2.53 bits per heavy atom. The van der Waals surface area contributed by atoms with Crippen LogP contribution in [-0.4, -0.2) is 21.7 Å². The molecule has 0 spiro atoms. The molecule has 1 aliphatic rings. The Hall–Kier alpha value is -1.36. The lowest BCUT2D eigenvalue weighted by atomic mass is 9.92. The highest BCUT2D eigenvalue weighted by atomic mass is 32.2. The SMILES string of the molecule is CNc1c(C2=CCCCC2)cc(F)cc1S(C)(=O)=O. The minimum absolute atomic E-state index is 0.0245. The Balaban J connectivity index is 2.67. The normalized spacial score (nSPS) is 16.1. The zero-order valence-corrected chi connectivity index (χ0v) is 12.0.